The lowest BCUT2D eigenvalue weighted by Gasteiger charge is -2.24. The molecule has 1 unspecified atom stereocenters. The van der Waals surface area contributed by atoms with Gasteiger partial charge in [0.15, 0.2) is 0 Å². The predicted molar refractivity (Wildman–Crippen MR) is 126 cm³/mol. The predicted octanol–water partition coefficient (Wildman–Crippen LogP) is 9.15. The molecule has 1 heteroatoms. The first-order chi connectivity index (χ1) is 13.2. The van der Waals surface area contributed by atoms with Gasteiger partial charge in [0.25, 0.3) is 0 Å². The van der Waals surface area contributed by atoms with Gasteiger partial charge >= 0.3 is 0 Å². The lowest BCUT2D eigenvalue weighted by molar-refractivity contribution is 0.251. The summed E-state index contributed by atoms with van der Waals surface area (Å²) in [5, 5.41) is 0. The molecule has 0 aromatic heterocycles. The van der Waals surface area contributed by atoms with Crippen molar-refractivity contribution in [2.75, 3.05) is 14.1 Å². The zero-order chi connectivity index (χ0) is 20.0. The fourth-order valence-corrected chi connectivity index (χ4v) is 4.22. The average molecular weight is 382 g/mol. The molecule has 1 atom stereocenters. The normalized spacial score (nSPS) is 12.8. The van der Waals surface area contributed by atoms with E-state index in [4.69, 9.17) is 0 Å². The van der Waals surface area contributed by atoms with Crippen molar-refractivity contribution in [3.8, 4) is 0 Å². The maximum Gasteiger partial charge on any atom is 0.00891 e. The van der Waals surface area contributed by atoms with Crippen molar-refractivity contribution in [3.05, 3.63) is 0 Å². The molecule has 0 aliphatic carbocycles. The Labute approximate surface area is 174 Å². The van der Waals surface area contributed by atoms with Crippen LogP contribution in [0, 0.1) is 0 Å². The van der Waals surface area contributed by atoms with Gasteiger partial charge in [-0.2, -0.15) is 0 Å². The molecule has 27 heavy (non-hydrogen) atoms. The molecule has 164 valence electrons. The second-order valence-corrected chi connectivity index (χ2v) is 9.21. The molecule has 0 spiro atoms. The molecule has 0 saturated heterocycles. The summed E-state index contributed by atoms with van der Waals surface area (Å²) in [6.45, 7) is 4.61. The van der Waals surface area contributed by atoms with Gasteiger partial charge in [0.2, 0.25) is 0 Å². The fourth-order valence-electron chi connectivity index (χ4n) is 4.22. The molecule has 0 saturated carbocycles. The summed E-state index contributed by atoms with van der Waals surface area (Å²) in [4.78, 5) is 2.47. The van der Waals surface area contributed by atoms with Gasteiger partial charge in [-0.1, -0.05) is 136 Å². The maximum atomic E-state index is 2.47. The van der Waals surface area contributed by atoms with E-state index in [0.717, 1.165) is 6.04 Å². The van der Waals surface area contributed by atoms with E-state index in [2.05, 4.69) is 32.8 Å². The minimum absolute atomic E-state index is 0.823. The van der Waals surface area contributed by atoms with Crippen molar-refractivity contribution >= 4 is 0 Å². The van der Waals surface area contributed by atoms with E-state index < -0.39 is 0 Å². The molecule has 0 amide bonds. The Bertz CT molecular complexity index is 261. The monoisotopic (exact) mass is 381 g/mol. The minimum atomic E-state index is 0.823. The third kappa shape index (κ3) is 20.5. The Morgan fingerprint density at radius 1 is 0.407 bits per heavy atom. The van der Waals surface area contributed by atoms with Gasteiger partial charge < -0.3 is 4.90 Å². The second-order valence-electron chi connectivity index (χ2n) is 9.21. The highest BCUT2D eigenvalue weighted by atomic mass is 15.1. The Kier molecular flexibility index (Phi) is 22.2. The molecular weight excluding hydrogens is 326 g/mol. The highest BCUT2D eigenvalue weighted by Gasteiger charge is 2.10. The van der Waals surface area contributed by atoms with Crippen LogP contribution in [0.15, 0.2) is 0 Å². The van der Waals surface area contributed by atoms with E-state index in [1.165, 1.54) is 135 Å². The second kappa shape index (κ2) is 22.3. The summed E-state index contributed by atoms with van der Waals surface area (Å²) in [5.74, 6) is 0. The third-order valence-corrected chi connectivity index (χ3v) is 6.26. The van der Waals surface area contributed by atoms with Gasteiger partial charge in [-0.3, -0.25) is 0 Å². The molecule has 0 fully saturated rings. The van der Waals surface area contributed by atoms with E-state index in [-0.39, 0.29) is 0 Å². The Morgan fingerprint density at radius 2 is 0.667 bits per heavy atom. The van der Waals surface area contributed by atoms with Gasteiger partial charge in [-0.15, -0.1) is 0 Å². The van der Waals surface area contributed by atoms with E-state index in [1.807, 2.05) is 0 Å². The summed E-state index contributed by atoms with van der Waals surface area (Å²) in [7, 11) is 4.55. The van der Waals surface area contributed by atoms with Gasteiger partial charge in [0.05, 0.1) is 0 Å². The first-order valence-corrected chi connectivity index (χ1v) is 12.9. The SMILES string of the molecule is CCCCCCCCCCCCCCCCCC(CCCCCC)N(C)C. The molecule has 1 nitrogen and oxygen atoms in total. The molecule has 0 radical (unpaired) electrons. The van der Waals surface area contributed by atoms with Crippen LogP contribution in [0.5, 0.6) is 0 Å². The minimum Gasteiger partial charge on any atom is -0.306 e. The van der Waals surface area contributed by atoms with Crippen molar-refractivity contribution in [1.29, 1.82) is 0 Å². The first-order valence-electron chi connectivity index (χ1n) is 12.9. The smallest absolute Gasteiger partial charge is 0.00891 e. The van der Waals surface area contributed by atoms with Crippen molar-refractivity contribution in [1.82, 2.24) is 4.90 Å². The highest BCUT2D eigenvalue weighted by molar-refractivity contribution is 4.66. The van der Waals surface area contributed by atoms with Crippen molar-refractivity contribution in [3.63, 3.8) is 0 Å². The summed E-state index contributed by atoms with van der Waals surface area (Å²) in [6, 6.07) is 0.823. The molecule has 0 aliphatic rings. The van der Waals surface area contributed by atoms with Crippen LogP contribution in [0.4, 0.5) is 0 Å². The molecule has 0 aromatic rings. The molecule has 0 aliphatic heterocycles. The summed E-state index contributed by atoms with van der Waals surface area (Å²) in [6.07, 6.45) is 30.4. The number of unbranched alkanes of at least 4 members (excludes halogenated alkanes) is 17. The van der Waals surface area contributed by atoms with Crippen LogP contribution in [0.25, 0.3) is 0 Å². The molecular formula is C26H55N. The number of hydrogen-bond donors (Lipinski definition) is 0. The molecule has 0 aromatic carbocycles. The van der Waals surface area contributed by atoms with Crippen LogP contribution in [0.1, 0.15) is 149 Å². The highest BCUT2D eigenvalue weighted by Crippen LogP contribution is 2.17. The fraction of sp³-hybridized carbons (Fsp3) is 1.00. The van der Waals surface area contributed by atoms with Crippen LogP contribution >= 0.6 is 0 Å². The zero-order valence-electron chi connectivity index (χ0n) is 19.9. The van der Waals surface area contributed by atoms with E-state index in [9.17, 15) is 0 Å². The van der Waals surface area contributed by atoms with Crippen LogP contribution in [0.2, 0.25) is 0 Å². The third-order valence-electron chi connectivity index (χ3n) is 6.26. The van der Waals surface area contributed by atoms with Gasteiger partial charge in [-0.05, 0) is 26.9 Å². The number of hydrogen-bond acceptors (Lipinski definition) is 1. The lowest BCUT2D eigenvalue weighted by atomic mass is 9.99. The molecule has 0 heterocycles. The summed E-state index contributed by atoms with van der Waals surface area (Å²) >= 11 is 0. The van der Waals surface area contributed by atoms with Gasteiger partial charge in [-0.25, -0.2) is 0 Å². The van der Waals surface area contributed by atoms with E-state index in [0.29, 0.717) is 0 Å². The number of nitrogens with zero attached hydrogens (tertiary/aromatic N) is 1. The van der Waals surface area contributed by atoms with Crippen LogP contribution < -0.4 is 0 Å². The largest absolute Gasteiger partial charge is 0.306 e. The van der Waals surface area contributed by atoms with E-state index in [1.54, 1.807) is 0 Å². The molecule has 0 bridgehead atoms. The number of rotatable bonds is 22. The molecule has 0 rings (SSSR count). The van der Waals surface area contributed by atoms with Crippen LogP contribution in [-0.4, -0.2) is 25.0 Å². The van der Waals surface area contributed by atoms with Crippen LogP contribution in [-0.2, 0) is 0 Å². The van der Waals surface area contributed by atoms with Crippen molar-refractivity contribution < 1.29 is 0 Å². The van der Waals surface area contributed by atoms with Gasteiger partial charge in [0, 0.05) is 6.04 Å². The topological polar surface area (TPSA) is 3.24 Å². The standard InChI is InChI=1S/C26H55N/c1-5-7-9-11-12-13-14-15-16-17-18-19-20-21-23-25-26(27(3)4)24-22-10-8-6-2/h26H,5-25H2,1-4H3. The Morgan fingerprint density at radius 3 is 0.963 bits per heavy atom. The summed E-state index contributed by atoms with van der Waals surface area (Å²) < 4.78 is 0. The lowest BCUT2D eigenvalue weighted by Crippen LogP contribution is -2.27. The Balaban J connectivity index is 3.30. The summed E-state index contributed by atoms with van der Waals surface area (Å²) in [5.41, 5.74) is 0. The first kappa shape index (κ1) is 27.0. The maximum absolute atomic E-state index is 2.47. The van der Waals surface area contributed by atoms with Gasteiger partial charge in [0.1, 0.15) is 0 Å². The van der Waals surface area contributed by atoms with Crippen molar-refractivity contribution in [2.24, 2.45) is 0 Å². The quantitative estimate of drug-likeness (QED) is 0.169. The molecule has 0 N–H and O–H groups in total. The van der Waals surface area contributed by atoms with E-state index >= 15 is 0 Å². The average Bonchev–Trinajstić information content (AvgIpc) is 2.66. The zero-order valence-corrected chi connectivity index (χ0v) is 19.9. The van der Waals surface area contributed by atoms with Crippen LogP contribution in [0.3, 0.4) is 0 Å². The van der Waals surface area contributed by atoms with Crippen molar-refractivity contribution in [2.45, 2.75) is 155 Å². The Hall–Kier alpha value is -0.0400.